The van der Waals surface area contributed by atoms with Gasteiger partial charge in [-0.2, -0.15) is 0 Å². The summed E-state index contributed by atoms with van der Waals surface area (Å²) in [6.45, 7) is 5.12. The lowest BCUT2D eigenvalue weighted by molar-refractivity contribution is 0.0496. The molecule has 0 aliphatic heterocycles. The highest BCUT2D eigenvalue weighted by atomic mass is 16.5. The van der Waals surface area contributed by atoms with Crippen LogP contribution in [0, 0.1) is 0 Å². The van der Waals surface area contributed by atoms with Crippen molar-refractivity contribution >= 4 is 18.2 Å². The van der Waals surface area contributed by atoms with Gasteiger partial charge in [0.25, 0.3) is 0 Å². The van der Waals surface area contributed by atoms with Crippen molar-refractivity contribution in [3.8, 4) is 0 Å². The minimum atomic E-state index is -0.518. The van der Waals surface area contributed by atoms with E-state index in [9.17, 15) is 14.4 Å². The Hall–Kier alpha value is -3.21. The Morgan fingerprint density at radius 1 is 0.460 bits per heavy atom. The fourth-order valence-corrected chi connectivity index (χ4v) is 5.63. The first-order chi connectivity index (χ1) is 24.6. The van der Waals surface area contributed by atoms with Gasteiger partial charge < -0.3 is 9.47 Å². The molecule has 0 amide bonds. The zero-order chi connectivity index (χ0) is 36.2. The number of aldehydes is 1. The van der Waals surface area contributed by atoms with E-state index in [2.05, 4.69) is 62.5 Å². The molecule has 1 aromatic rings. The Bertz CT molecular complexity index is 1030. The molecule has 280 valence electrons. The van der Waals surface area contributed by atoms with Crippen LogP contribution in [0.25, 0.3) is 0 Å². The summed E-state index contributed by atoms with van der Waals surface area (Å²) >= 11 is 0. The van der Waals surface area contributed by atoms with E-state index >= 15 is 0 Å². The summed E-state index contributed by atoms with van der Waals surface area (Å²) in [7, 11) is 0. The van der Waals surface area contributed by atoms with E-state index < -0.39 is 11.9 Å². The lowest BCUT2D eigenvalue weighted by Crippen LogP contribution is -2.11. The van der Waals surface area contributed by atoms with E-state index in [-0.39, 0.29) is 16.7 Å². The second-order valence-corrected chi connectivity index (χ2v) is 13.4. The van der Waals surface area contributed by atoms with Crippen molar-refractivity contribution in [2.24, 2.45) is 0 Å². The van der Waals surface area contributed by atoms with Crippen molar-refractivity contribution in [3.63, 3.8) is 0 Å². The number of hydrogen-bond acceptors (Lipinski definition) is 5. The van der Waals surface area contributed by atoms with Gasteiger partial charge in [-0.15, -0.1) is 0 Å². The molecule has 0 spiro atoms. The SMILES string of the molecule is CCCCCC=CCC=CCCCCCCCCOC(=O)c1cc(C=O)cc(C(=O)OCCCCCCCCC=CCC=CCCCCC)c1. The maximum absolute atomic E-state index is 12.7. The Morgan fingerprint density at radius 2 is 0.800 bits per heavy atom. The van der Waals surface area contributed by atoms with Gasteiger partial charge in [0.15, 0.2) is 0 Å². The summed E-state index contributed by atoms with van der Waals surface area (Å²) in [5.74, 6) is -1.04. The molecule has 0 aliphatic carbocycles. The van der Waals surface area contributed by atoms with Crippen molar-refractivity contribution in [2.75, 3.05) is 13.2 Å². The smallest absolute Gasteiger partial charge is 0.338 e. The molecule has 0 radical (unpaired) electrons. The summed E-state index contributed by atoms with van der Waals surface area (Å²) in [6.07, 6.45) is 46.5. The topological polar surface area (TPSA) is 69.7 Å². The fourth-order valence-electron chi connectivity index (χ4n) is 5.63. The molecule has 0 unspecified atom stereocenters. The highest BCUT2D eigenvalue weighted by Gasteiger charge is 2.15. The van der Waals surface area contributed by atoms with E-state index in [1.54, 1.807) is 0 Å². The molecule has 1 rings (SSSR count). The number of rotatable bonds is 33. The number of ether oxygens (including phenoxy) is 2. The quantitative estimate of drug-likeness (QED) is 0.0318. The van der Waals surface area contributed by atoms with Crippen molar-refractivity contribution in [3.05, 3.63) is 83.5 Å². The van der Waals surface area contributed by atoms with Crippen LogP contribution >= 0.6 is 0 Å². The molecular formula is C45H70O5. The molecule has 0 aliphatic rings. The number of benzene rings is 1. The number of allylic oxidation sites excluding steroid dienone is 8. The lowest BCUT2D eigenvalue weighted by atomic mass is 10.1. The Kier molecular flexibility index (Phi) is 30.7. The van der Waals surface area contributed by atoms with E-state index in [1.807, 2.05) is 0 Å². The van der Waals surface area contributed by atoms with Crippen molar-refractivity contribution < 1.29 is 23.9 Å². The van der Waals surface area contributed by atoms with Gasteiger partial charge in [-0.1, -0.05) is 140 Å². The number of carbonyl (C=O) groups excluding carboxylic acids is 3. The van der Waals surface area contributed by atoms with Gasteiger partial charge in [0, 0.05) is 5.56 Å². The number of carbonyl (C=O) groups is 3. The van der Waals surface area contributed by atoms with E-state index in [0.29, 0.717) is 19.5 Å². The fraction of sp³-hybridized carbons (Fsp3) is 0.622. The molecule has 5 nitrogen and oxygen atoms in total. The summed E-state index contributed by atoms with van der Waals surface area (Å²) in [6, 6.07) is 4.40. The van der Waals surface area contributed by atoms with Gasteiger partial charge in [0.2, 0.25) is 0 Å². The van der Waals surface area contributed by atoms with Gasteiger partial charge in [-0.05, 0) is 95.2 Å². The molecule has 0 atom stereocenters. The Labute approximate surface area is 306 Å². The number of esters is 2. The van der Waals surface area contributed by atoms with Crippen LogP contribution in [0.15, 0.2) is 66.8 Å². The molecule has 50 heavy (non-hydrogen) atoms. The normalized spacial score (nSPS) is 11.8. The van der Waals surface area contributed by atoms with Crippen LogP contribution in [0.5, 0.6) is 0 Å². The number of unbranched alkanes of at least 4 members (excludes halogenated alkanes) is 18. The van der Waals surface area contributed by atoms with Crippen LogP contribution in [-0.4, -0.2) is 31.4 Å². The van der Waals surface area contributed by atoms with Crippen LogP contribution < -0.4 is 0 Å². The third-order valence-electron chi connectivity index (χ3n) is 8.72. The average molecular weight is 691 g/mol. The van der Waals surface area contributed by atoms with Crippen LogP contribution in [0.3, 0.4) is 0 Å². The van der Waals surface area contributed by atoms with Gasteiger partial charge in [-0.3, -0.25) is 4.79 Å². The molecule has 1 aromatic carbocycles. The molecule has 0 heterocycles. The zero-order valence-electron chi connectivity index (χ0n) is 31.9. The largest absolute Gasteiger partial charge is 0.462 e. The summed E-state index contributed by atoms with van der Waals surface area (Å²) in [4.78, 5) is 36.8. The highest BCUT2D eigenvalue weighted by Crippen LogP contribution is 2.15. The first-order valence-corrected chi connectivity index (χ1v) is 20.2. The average Bonchev–Trinajstić information content (AvgIpc) is 3.13. The van der Waals surface area contributed by atoms with Crippen molar-refractivity contribution in [2.45, 2.75) is 168 Å². The molecule has 0 bridgehead atoms. The standard InChI is InChI=1S/C45H70O5/c1-3-5-7-9-11-13-15-17-19-21-23-25-27-29-31-33-35-49-44(47)42-37-41(40-46)38-43(39-42)45(48)50-36-34-32-30-28-26-24-22-20-18-16-14-12-10-8-6-4-2/h11-14,17-20,37-40H,3-10,15-16,21-36H2,1-2H3. The second kappa shape index (κ2) is 34.2. The molecule has 0 fully saturated rings. The maximum atomic E-state index is 12.7. The molecule has 0 aromatic heterocycles. The molecule has 0 saturated heterocycles. The minimum Gasteiger partial charge on any atom is -0.462 e. The third kappa shape index (κ3) is 26.6. The third-order valence-corrected chi connectivity index (χ3v) is 8.72. The van der Waals surface area contributed by atoms with Crippen molar-refractivity contribution in [1.82, 2.24) is 0 Å². The first kappa shape index (κ1) is 44.8. The van der Waals surface area contributed by atoms with Gasteiger partial charge >= 0.3 is 11.9 Å². The predicted octanol–water partition coefficient (Wildman–Crippen LogP) is 13.4. The zero-order valence-corrected chi connectivity index (χ0v) is 31.9. The van der Waals surface area contributed by atoms with Gasteiger partial charge in [0.1, 0.15) is 6.29 Å². The molecule has 0 N–H and O–H groups in total. The summed E-state index contributed by atoms with van der Waals surface area (Å²) in [5.41, 5.74) is 0.666. The summed E-state index contributed by atoms with van der Waals surface area (Å²) in [5, 5.41) is 0. The molecule has 5 heteroatoms. The summed E-state index contributed by atoms with van der Waals surface area (Å²) < 4.78 is 10.9. The molecular weight excluding hydrogens is 620 g/mol. The van der Waals surface area contributed by atoms with Crippen LogP contribution in [-0.2, 0) is 9.47 Å². The van der Waals surface area contributed by atoms with Gasteiger partial charge in [-0.25, -0.2) is 9.59 Å². The van der Waals surface area contributed by atoms with E-state index in [1.165, 1.54) is 108 Å². The van der Waals surface area contributed by atoms with E-state index in [0.717, 1.165) is 64.2 Å². The maximum Gasteiger partial charge on any atom is 0.338 e. The minimum absolute atomic E-state index is 0.204. The molecule has 0 saturated carbocycles. The Balaban J connectivity index is 2.14. The highest BCUT2D eigenvalue weighted by molar-refractivity contribution is 5.97. The Morgan fingerprint density at radius 3 is 1.16 bits per heavy atom. The number of hydrogen-bond donors (Lipinski definition) is 0. The van der Waals surface area contributed by atoms with Crippen molar-refractivity contribution in [1.29, 1.82) is 0 Å². The monoisotopic (exact) mass is 691 g/mol. The predicted molar refractivity (Wildman–Crippen MR) is 211 cm³/mol. The second-order valence-electron chi connectivity index (χ2n) is 13.4. The first-order valence-electron chi connectivity index (χ1n) is 20.2. The van der Waals surface area contributed by atoms with Crippen LogP contribution in [0.4, 0.5) is 0 Å². The van der Waals surface area contributed by atoms with E-state index in [4.69, 9.17) is 9.47 Å². The van der Waals surface area contributed by atoms with Crippen LogP contribution in [0.1, 0.15) is 199 Å². The van der Waals surface area contributed by atoms with Crippen LogP contribution in [0.2, 0.25) is 0 Å². The van der Waals surface area contributed by atoms with Gasteiger partial charge in [0.05, 0.1) is 24.3 Å². The lowest BCUT2D eigenvalue weighted by Gasteiger charge is -2.09.